The fraction of sp³-hybridized carbons (Fsp3) is 0.333. The summed E-state index contributed by atoms with van der Waals surface area (Å²) in [6.45, 7) is 0. The smallest absolute Gasteiger partial charge is 0.0276 e. The minimum atomic E-state index is 1.09. The van der Waals surface area contributed by atoms with Gasteiger partial charge in [-0.15, -0.1) is 0 Å². The van der Waals surface area contributed by atoms with Crippen LogP contribution in [0.15, 0.2) is 42.5 Å². The molecule has 0 heterocycles. The van der Waals surface area contributed by atoms with Gasteiger partial charge in [-0.2, -0.15) is 0 Å². The van der Waals surface area contributed by atoms with Crippen LogP contribution in [0.25, 0.3) is 0 Å². The van der Waals surface area contributed by atoms with Gasteiger partial charge in [0.25, 0.3) is 0 Å². The molecule has 63 valence electrons. The highest BCUT2D eigenvalue weighted by atomic mass is 13.9. The highest BCUT2D eigenvalue weighted by Crippen LogP contribution is 2.01. The van der Waals surface area contributed by atoms with Crippen molar-refractivity contribution in [2.24, 2.45) is 0 Å². The monoisotopic (exact) mass is 159 g/mol. The fourth-order valence-corrected chi connectivity index (χ4v) is 1.06. The van der Waals surface area contributed by atoms with Crippen LogP contribution in [-0.4, -0.2) is 0 Å². The molecule has 1 rings (SSSR count). The Morgan fingerprint density at radius 1 is 0.833 bits per heavy atom. The van der Waals surface area contributed by atoms with Gasteiger partial charge in [0.15, 0.2) is 0 Å². The second kappa shape index (κ2) is 6.66. The molecule has 0 amide bonds. The van der Waals surface area contributed by atoms with Crippen molar-refractivity contribution in [2.45, 2.75) is 25.7 Å². The fourth-order valence-electron chi connectivity index (χ4n) is 1.06. The SMILES string of the molecule is [C]1=C/C=C/C=C\C=C\CCCC\1. The maximum atomic E-state index is 3.23. The van der Waals surface area contributed by atoms with E-state index in [0.29, 0.717) is 0 Å². The summed E-state index contributed by atoms with van der Waals surface area (Å²) < 4.78 is 0. The molecule has 0 nitrogen and oxygen atoms in total. The normalized spacial score (nSPS) is 29.3. The third-order valence-electron chi connectivity index (χ3n) is 1.74. The lowest BCUT2D eigenvalue weighted by molar-refractivity contribution is 0.754. The molecule has 0 aromatic heterocycles. The van der Waals surface area contributed by atoms with Crippen molar-refractivity contribution in [3.63, 3.8) is 0 Å². The van der Waals surface area contributed by atoms with Crippen LogP contribution in [0.4, 0.5) is 0 Å². The van der Waals surface area contributed by atoms with Gasteiger partial charge in [-0.05, 0) is 31.8 Å². The third kappa shape index (κ3) is 4.73. The van der Waals surface area contributed by atoms with Gasteiger partial charge in [-0.3, -0.25) is 0 Å². The third-order valence-corrected chi connectivity index (χ3v) is 1.74. The summed E-state index contributed by atoms with van der Waals surface area (Å²) in [6, 6.07) is 0. The first-order chi connectivity index (χ1) is 6.00. The van der Waals surface area contributed by atoms with Gasteiger partial charge in [0.2, 0.25) is 0 Å². The van der Waals surface area contributed by atoms with Crippen molar-refractivity contribution in [1.82, 2.24) is 0 Å². The molecule has 0 aromatic rings. The quantitative estimate of drug-likeness (QED) is 0.506. The topological polar surface area (TPSA) is 0 Å². The Morgan fingerprint density at radius 3 is 2.67 bits per heavy atom. The van der Waals surface area contributed by atoms with Crippen LogP contribution < -0.4 is 0 Å². The molecule has 0 unspecified atom stereocenters. The summed E-state index contributed by atoms with van der Waals surface area (Å²) in [7, 11) is 0. The van der Waals surface area contributed by atoms with Crippen LogP contribution in [0.3, 0.4) is 0 Å². The molecule has 0 bridgehead atoms. The minimum Gasteiger partial charge on any atom is -0.0845 e. The van der Waals surface area contributed by atoms with Crippen molar-refractivity contribution in [3.8, 4) is 0 Å². The lowest BCUT2D eigenvalue weighted by Crippen LogP contribution is -1.72. The van der Waals surface area contributed by atoms with E-state index in [1.54, 1.807) is 0 Å². The maximum Gasteiger partial charge on any atom is -0.0276 e. The van der Waals surface area contributed by atoms with Gasteiger partial charge in [0.1, 0.15) is 0 Å². The summed E-state index contributed by atoms with van der Waals surface area (Å²) in [6.07, 6.45) is 22.5. The number of allylic oxidation sites excluding steroid dienone is 8. The molecule has 0 heteroatoms. The van der Waals surface area contributed by atoms with E-state index in [9.17, 15) is 0 Å². The largest absolute Gasteiger partial charge is 0.0845 e. The van der Waals surface area contributed by atoms with Crippen molar-refractivity contribution < 1.29 is 0 Å². The molecule has 0 N–H and O–H groups in total. The van der Waals surface area contributed by atoms with Gasteiger partial charge in [-0.25, -0.2) is 0 Å². The summed E-state index contributed by atoms with van der Waals surface area (Å²) in [4.78, 5) is 0. The molecule has 0 aromatic carbocycles. The van der Waals surface area contributed by atoms with Crippen molar-refractivity contribution >= 4 is 0 Å². The summed E-state index contributed by atoms with van der Waals surface area (Å²) >= 11 is 0. The molecular weight excluding hydrogens is 144 g/mol. The Labute approximate surface area is 75.0 Å². The van der Waals surface area contributed by atoms with Gasteiger partial charge in [0.05, 0.1) is 0 Å². The average Bonchev–Trinajstić information content (AvgIpc) is 2.05. The first-order valence-corrected chi connectivity index (χ1v) is 4.55. The van der Waals surface area contributed by atoms with Crippen molar-refractivity contribution in [2.75, 3.05) is 0 Å². The Bertz CT molecular complexity index is 180. The molecule has 0 saturated heterocycles. The Balaban J connectivity index is 2.43. The zero-order valence-corrected chi connectivity index (χ0v) is 7.37. The molecule has 1 aliphatic rings. The molecule has 0 fully saturated rings. The van der Waals surface area contributed by atoms with Crippen LogP contribution in [0.5, 0.6) is 0 Å². The van der Waals surface area contributed by atoms with E-state index in [0.717, 1.165) is 6.42 Å². The average molecular weight is 159 g/mol. The number of hydrogen-bond acceptors (Lipinski definition) is 0. The summed E-state index contributed by atoms with van der Waals surface area (Å²) in [5.41, 5.74) is 0. The van der Waals surface area contributed by atoms with E-state index < -0.39 is 0 Å². The van der Waals surface area contributed by atoms with Crippen molar-refractivity contribution in [1.29, 1.82) is 0 Å². The van der Waals surface area contributed by atoms with E-state index >= 15 is 0 Å². The molecule has 0 saturated carbocycles. The van der Waals surface area contributed by atoms with E-state index in [1.165, 1.54) is 19.3 Å². The van der Waals surface area contributed by atoms with Gasteiger partial charge in [0, 0.05) is 0 Å². The molecule has 1 aliphatic carbocycles. The van der Waals surface area contributed by atoms with Gasteiger partial charge >= 0.3 is 0 Å². The maximum absolute atomic E-state index is 3.23. The molecule has 0 aliphatic heterocycles. The van der Waals surface area contributed by atoms with E-state index in [4.69, 9.17) is 0 Å². The second-order valence-corrected chi connectivity index (χ2v) is 2.81. The molecule has 0 spiro atoms. The predicted octanol–water partition coefficient (Wildman–Crippen LogP) is 3.59. The minimum absolute atomic E-state index is 1.09. The molecule has 1 radical (unpaired) electrons. The zero-order valence-electron chi connectivity index (χ0n) is 7.37. The predicted molar refractivity (Wildman–Crippen MR) is 53.7 cm³/mol. The Kier molecular flexibility index (Phi) is 5.02. The van der Waals surface area contributed by atoms with E-state index in [2.05, 4.69) is 24.3 Å². The van der Waals surface area contributed by atoms with E-state index in [-0.39, 0.29) is 0 Å². The molecule has 12 heavy (non-hydrogen) atoms. The van der Waals surface area contributed by atoms with E-state index in [1.807, 2.05) is 24.3 Å². The van der Waals surface area contributed by atoms with Crippen LogP contribution in [0.2, 0.25) is 0 Å². The lowest BCUT2D eigenvalue weighted by Gasteiger charge is -1.91. The Morgan fingerprint density at radius 2 is 1.67 bits per heavy atom. The van der Waals surface area contributed by atoms with Gasteiger partial charge < -0.3 is 0 Å². The van der Waals surface area contributed by atoms with Crippen LogP contribution in [0.1, 0.15) is 25.7 Å². The van der Waals surface area contributed by atoms with Crippen LogP contribution in [0, 0.1) is 6.08 Å². The summed E-state index contributed by atoms with van der Waals surface area (Å²) in [5.74, 6) is 0. The molecular formula is C12H15. The lowest BCUT2D eigenvalue weighted by atomic mass is 10.1. The van der Waals surface area contributed by atoms with Gasteiger partial charge in [-0.1, -0.05) is 42.5 Å². The van der Waals surface area contributed by atoms with Crippen LogP contribution in [-0.2, 0) is 0 Å². The van der Waals surface area contributed by atoms with Crippen molar-refractivity contribution in [3.05, 3.63) is 48.6 Å². The first kappa shape index (κ1) is 9.05. The molecule has 0 atom stereocenters. The highest BCUT2D eigenvalue weighted by molar-refractivity contribution is 5.14. The Hall–Kier alpha value is -1.04. The second-order valence-electron chi connectivity index (χ2n) is 2.81. The summed E-state index contributed by atoms with van der Waals surface area (Å²) in [5, 5.41) is 0. The zero-order chi connectivity index (χ0) is 8.49. The standard InChI is InChI=1S/C12H15/c1-2-4-6-8-10-12-11-9-7-5-3-1/h1-7H,8,10-12H2/b2-1-,5-3+,6-4+,9-7?. The first-order valence-electron chi connectivity index (χ1n) is 4.55. The van der Waals surface area contributed by atoms with Crippen LogP contribution >= 0.6 is 0 Å². The number of hydrogen-bond donors (Lipinski definition) is 0. The number of rotatable bonds is 0. The highest BCUT2D eigenvalue weighted by Gasteiger charge is 1.82.